The minimum atomic E-state index is -0.742. The van der Waals surface area contributed by atoms with Crippen molar-refractivity contribution in [2.75, 3.05) is 53.9 Å². The van der Waals surface area contributed by atoms with E-state index < -0.39 is 35.9 Å². The number of esters is 1. The third kappa shape index (κ3) is 3.85. The number of aromatic hydroxyl groups is 1. The number of morpholine rings is 1. The van der Waals surface area contributed by atoms with E-state index in [1.165, 1.54) is 14.2 Å². The molecule has 6 rings (SSSR count). The Hall–Kier alpha value is -3.86. The van der Waals surface area contributed by atoms with E-state index >= 15 is 0 Å². The maximum atomic E-state index is 13.2. The highest BCUT2D eigenvalue weighted by Gasteiger charge is 2.54. The van der Waals surface area contributed by atoms with E-state index in [1.54, 1.807) is 17.0 Å². The van der Waals surface area contributed by atoms with Gasteiger partial charge in [-0.15, -0.1) is 0 Å². The summed E-state index contributed by atoms with van der Waals surface area (Å²) in [6.07, 6.45) is -1.21. The number of ether oxygens (including phenoxy) is 7. The molecule has 0 aromatic heterocycles. The molecule has 0 unspecified atom stereocenters. The molecule has 1 amide bonds. The molecule has 0 saturated carbocycles. The van der Waals surface area contributed by atoms with E-state index in [0.717, 1.165) is 5.56 Å². The highest BCUT2D eigenvalue weighted by Crippen LogP contribution is 2.56. The molecular weight excluding hydrogens is 486 g/mol. The van der Waals surface area contributed by atoms with E-state index in [2.05, 4.69) is 0 Å². The Labute approximate surface area is 212 Å². The van der Waals surface area contributed by atoms with Crippen molar-refractivity contribution in [2.45, 2.75) is 12.0 Å². The molecule has 4 aliphatic rings. The normalized spacial score (nSPS) is 25.7. The predicted octanol–water partition coefficient (Wildman–Crippen LogP) is 2.58. The van der Waals surface area contributed by atoms with Crippen molar-refractivity contribution in [2.24, 2.45) is 11.8 Å². The van der Waals surface area contributed by atoms with Crippen LogP contribution in [0.5, 0.6) is 28.7 Å². The van der Waals surface area contributed by atoms with Crippen molar-refractivity contribution in [3.8, 4) is 28.7 Å². The number of hydrogen-bond acceptors (Lipinski definition) is 10. The van der Waals surface area contributed by atoms with Gasteiger partial charge in [0, 0.05) is 30.5 Å². The summed E-state index contributed by atoms with van der Waals surface area (Å²) in [5.41, 5.74) is 2.12. The third-order valence-electron chi connectivity index (χ3n) is 7.48. The SMILES string of the molecule is COc1cc([C@@H]2c3cc4c(cc3[C@@H](OC(=O)N3CCOCC3)[C@H]3COC(=O)[C@H]23)OCO4)cc(OC)c1O. The Bertz CT molecular complexity index is 1220. The smallest absolute Gasteiger partial charge is 0.410 e. The van der Waals surface area contributed by atoms with Crippen LogP contribution in [0.25, 0.3) is 0 Å². The summed E-state index contributed by atoms with van der Waals surface area (Å²) < 4.78 is 39.0. The minimum absolute atomic E-state index is 0.0663. The van der Waals surface area contributed by atoms with Crippen LogP contribution in [-0.2, 0) is 19.0 Å². The number of phenolic OH excluding ortho intramolecular Hbond substituents is 1. The Kier molecular flexibility index (Phi) is 5.86. The van der Waals surface area contributed by atoms with E-state index in [9.17, 15) is 14.7 Å². The monoisotopic (exact) mass is 513 g/mol. The van der Waals surface area contributed by atoms with Crippen LogP contribution >= 0.6 is 0 Å². The van der Waals surface area contributed by atoms with Crippen LogP contribution in [0.1, 0.15) is 28.7 Å². The van der Waals surface area contributed by atoms with Crippen LogP contribution in [0.3, 0.4) is 0 Å². The van der Waals surface area contributed by atoms with Crippen LogP contribution in [0.15, 0.2) is 24.3 Å². The standard InChI is InChI=1S/C26H27NO10/c1-31-19-7-13(8-20(32-2)23(19)28)21-14-9-17-18(36-12-35-17)10-15(14)24(16-11-34-25(29)22(16)21)37-26(30)27-3-5-33-6-4-27/h7-10,16,21-22,24,28H,3-6,11-12H2,1-2H3/t16-,21+,22-,24+/m0/s1. The van der Waals surface area contributed by atoms with Gasteiger partial charge in [-0.05, 0) is 35.4 Å². The van der Waals surface area contributed by atoms with Crippen molar-refractivity contribution in [1.82, 2.24) is 4.90 Å². The molecule has 3 aliphatic heterocycles. The number of methoxy groups -OCH3 is 2. The van der Waals surface area contributed by atoms with Crippen LogP contribution in [0.4, 0.5) is 4.79 Å². The van der Waals surface area contributed by atoms with Crippen LogP contribution in [-0.4, -0.2) is 76.0 Å². The van der Waals surface area contributed by atoms with Gasteiger partial charge in [0.05, 0.1) is 40.0 Å². The highest BCUT2D eigenvalue weighted by molar-refractivity contribution is 5.79. The summed E-state index contributed by atoms with van der Waals surface area (Å²) in [5, 5.41) is 10.5. The number of carbonyl (C=O) groups excluding carboxylic acids is 2. The Morgan fingerprint density at radius 2 is 1.62 bits per heavy atom. The van der Waals surface area contributed by atoms with Gasteiger partial charge in [-0.1, -0.05) is 0 Å². The number of rotatable bonds is 4. The van der Waals surface area contributed by atoms with Crippen molar-refractivity contribution < 1.29 is 47.9 Å². The van der Waals surface area contributed by atoms with E-state index in [0.29, 0.717) is 48.9 Å². The lowest BCUT2D eigenvalue weighted by atomic mass is 9.66. The molecule has 1 N–H and O–H groups in total. The van der Waals surface area contributed by atoms with Crippen LogP contribution < -0.4 is 18.9 Å². The van der Waals surface area contributed by atoms with E-state index in [1.807, 2.05) is 12.1 Å². The number of nitrogens with zero attached hydrogens (tertiary/aromatic N) is 1. The number of amides is 1. The van der Waals surface area contributed by atoms with Crippen molar-refractivity contribution in [3.05, 3.63) is 41.0 Å². The number of phenols is 1. The summed E-state index contributed by atoms with van der Waals surface area (Å²) in [4.78, 5) is 27.9. The maximum Gasteiger partial charge on any atom is 0.410 e. The van der Waals surface area contributed by atoms with Gasteiger partial charge < -0.3 is 43.2 Å². The molecule has 11 nitrogen and oxygen atoms in total. The number of carbonyl (C=O) groups is 2. The van der Waals surface area contributed by atoms with Gasteiger partial charge in [-0.2, -0.15) is 0 Å². The summed E-state index contributed by atoms with van der Waals surface area (Å²) >= 11 is 0. The molecule has 2 saturated heterocycles. The molecule has 196 valence electrons. The molecule has 2 aromatic rings. The highest BCUT2D eigenvalue weighted by atomic mass is 16.7. The maximum absolute atomic E-state index is 13.2. The molecule has 2 fully saturated rings. The lowest BCUT2D eigenvalue weighted by Gasteiger charge is -2.39. The van der Waals surface area contributed by atoms with Gasteiger partial charge in [-0.3, -0.25) is 4.79 Å². The molecule has 0 bridgehead atoms. The summed E-state index contributed by atoms with van der Waals surface area (Å²) in [6, 6.07) is 7.00. The first-order chi connectivity index (χ1) is 18.0. The number of benzene rings is 2. The number of cyclic esters (lactones) is 1. The lowest BCUT2D eigenvalue weighted by Crippen LogP contribution is -2.43. The van der Waals surface area contributed by atoms with E-state index in [-0.39, 0.29) is 30.6 Å². The fraction of sp³-hybridized carbons (Fsp3) is 0.462. The average Bonchev–Trinajstić information content (AvgIpc) is 3.54. The second-order valence-electron chi connectivity index (χ2n) is 9.31. The lowest BCUT2D eigenvalue weighted by molar-refractivity contribution is -0.141. The van der Waals surface area contributed by atoms with Gasteiger partial charge in [0.25, 0.3) is 0 Å². The van der Waals surface area contributed by atoms with Gasteiger partial charge >= 0.3 is 12.1 Å². The number of fused-ring (bicyclic) bond motifs is 3. The van der Waals surface area contributed by atoms with Gasteiger partial charge in [-0.25, -0.2) is 4.79 Å². The quantitative estimate of drug-likeness (QED) is 0.611. The summed E-state index contributed by atoms with van der Waals surface area (Å²) in [7, 11) is 2.89. The van der Waals surface area contributed by atoms with Crippen molar-refractivity contribution in [3.63, 3.8) is 0 Å². The first kappa shape index (κ1) is 23.5. The largest absolute Gasteiger partial charge is 0.502 e. The number of hydrogen-bond donors (Lipinski definition) is 1. The van der Waals surface area contributed by atoms with Gasteiger partial charge in [0.1, 0.15) is 6.10 Å². The first-order valence-corrected chi connectivity index (χ1v) is 12.1. The molecule has 0 radical (unpaired) electrons. The molecule has 4 atom stereocenters. The van der Waals surface area contributed by atoms with Crippen LogP contribution in [0, 0.1) is 11.8 Å². The Morgan fingerprint density at radius 3 is 2.27 bits per heavy atom. The first-order valence-electron chi connectivity index (χ1n) is 12.1. The molecule has 37 heavy (non-hydrogen) atoms. The van der Waals surface area contributed by atoms with E-state index in [4.69, 9.17) is 33.2 Å². The predicted molar refractivity (Wildman–Crippen MR) is 125 cm³/mol. The second kappa shape index (κ2) is 9.22. The summed E-state index contributed by atoms with van der Waals surface area (Å²) in [6.45, 7) is 1.90. The Balaban J connectivity index is 1.49. The van der Waals surface area contributed by atoms with Gasteiger partial charge in [0.15, 0.2) is 23.0 Å². The molecule has 11 heteroatoms. The summed E-state index contributed by atoms with van der Waals surface area (Å²) in [5.74, 6) is -0.656. The zero-order chi connectivity index (χ0) is 25.7. The van der Waals surface area contributed by atoms with Crippen molar-refractivity contribution in [1.29, 1.82) is 0 Å². The average molecular weight is 513 g/mol. The van der Waals surface area contributed by atoms with Gasteiger partial charge in [0.2, 0.25) is 12.5 Å². The molecular formula is C26H27NO10. The molecule has 2 aromatic carbocycles. The topological polar surface area (TPSA) is 122 Å². The zero-order valence-electron chi connectivity index (χ0n) is 20.4. The fourth-order valence-corrected chi connectivity index (χ4v) is 5.69. The Morgan fingerprint density at radius 1 is 0.973 bits per heavy atom. The minimum Gasteiger partial charge on any atom is -0.502 e. The second-order valence-corrected chi connectivity index (χ2v) is 9.31. The molecule has 3 heterocycles. The van der Waals surface area contributed by atoms with Crippen LogP contribution in [0.2, 0.25) is 0 Å². The zero-order valence-corrected chi connectivity index (χ0v) is 20.4. The van der Waals surface area contributed by atoms with Crippen molar-refractivity contribution >= 4 is 12.1 Å². The third-order valence-corrected chi connectivity index (χ3v) is 7.48. The fourth-order valence-electron chi connectivity index (χ4n) is 5.69. The molecule has 1 aliphatic carbocycles. The molecule has 0 spiro atoms.